The third-order valence-corrected chi connectivity index (χ3v) is 6.37. The van der Waals surface area contributed by atoms with Crippen LogP contribution in [0.5, 0.6) is 0 Å². The number of nitrogens with zero attached hydrogens (tertiary/aromatic N) is 3. The van der Waals surface area contributed by atoms with Gasteiger partial charge in [-0.25, -0.2) is 4.98 Å². The van der Waals surface area contributed by atoms with Crippen molar-refractivity contribution in [1.82, 2.24) is 9.97 Å². The van der Waals surface area contributed by atoms with Crippen LogP contribution in [0.15, 0.2) is 67.0 Å². The molecule has 36 heavy (non-hydrogen) atoms. The highest BCUT2D eigenvalue weighted by molar-refractivity contribution is 6.14. The van der Waals surface area contributed by atoms with Crippen LogP contribution in [0.1, 0.15) is 80.4 Å². The predicted octanol–water partition coefficient (Wildman–Crippen LogP) is 7.75. The lowest BCUT2D eigenvalue weighted by atomic mass is 9.94. The zero-order valence-electron chi connectivity index (χ0n) is 23.0. The summed E-state index contributed by atoms with van der Waals surface area (Å²) in [5, 5.41) is 0. The summed E-state index contributed by atoms with van der Waals surface area (Å²) >= 11 is 0. The molecule has 1 N–H and O–H groups in total. The van der Waals surface area contributed by atoms with Gasteiger partial charge >= 0.3 is 0 Å². The molecule has 0 aliphatic rings. The van der Waals surface area contributed by atoms with Gasteiger partial charge in [0, 0.05) is 25.5 Å². The Morgan fingerprint density at radius 3 is 2.00 bits per heavy atom. The molecular weight excluding hydrogens is 444 g/mol. The summed E-state index contributed by atoms with van der Waals surface area (Å²) in [6, 6.07) is 20.8. The van der Waals surface area contributed by atoms with Gasteiger partial charge in [0.2, 0.25) is 0 Å². The first-order chi connectivity index (χ1) is 17.3. The van der Waals surface area contributed by atoms with Gasteiger partial charge in [-0.3, -0.25) is 4.79 Å². The van der Waals surface area contributed by atoms with Crippen molar-refractivity contribution in [3.05, 3.63) is 89.2 Å². The van der Waals surface area contributed by atoms with E-state index in [1.54, 1.807) is 6.33 Å². The largest absolute Gasteiger partial charge is 0.378 e. The molecule has 190 valence electrons. The zero-order chi connectivity index (χ0) is 26.4. The average Bonchev–Trinajstić information content (AvgIpc) is 3.37. The molecule has 0 saturated heterocycles. The normalized spacial score (nSPS) is 10.9. The number of fused-ring (bicyclic) bond motifs is 1. The van der Waals surface area contributed by atoms with Crippen LogP contribution in [-0.2, 0) is 6.54 Å². The second kappa shape index (κ2) is 11.9. The molecule has 1 amide bonds. The number of hydrogen-bond donors (Lipinski definition) is 1. The van der Waals surface area contributed by atoms with Gasteiger partial charge in [-0.2, -0.15) is 0 Å². The van der Waals surface area contributed by atoms with Crippen molar-refractivity contribution in [3.8, 4) is 0 Å². The van der Waals surface area contributed by atoms with E-state index in [4.69, 9.17) is 0 Å². The van der Waals surface area contributed by atoms with Gasteiger partial charge in [-0.1, -0.05) is 71.9 Å². The molecule has 4 rings (SSSR count). The van der Waals surface area contributed by atoms with E-state index in [9.17, 15) is 4.79 Å². The predicted molar refractivity (Wildman–Crippen MR) is 153 cm³/mol. The van der Waals surface area contributed by atoms with E-state index >= 15 is 0 Å². The number of benzene rings is 3. The molecule has 4 aromatic rings. The zero-order valence-corrected chi connectivity index (χ0v) is 23.0. The molecule has 3 aromatic carbocycles. The second-order valence-corrected chi connectivity index (χ2v) is 9.68. The Kier molecular flexibility index (Phi) is 8.92. The van der Waals surface area contributed by atoms with Crippen molar-refractivity contribution in [1.29, 1.82) is 0 Å². The lowest BCUT2D eigenvalue weighted by Gasteiger charge is -2.26. The molecule has 1 heterocycles. The fourth-order valence-electron chi connectivity index (χ4n) is 4.27. The number of aromatic amines is 1. The molecule has 0 aliphatic carbocycles. The standard InChI is InChI=1S/C29H34N4O.C2H6/c1-19(2)22-9-13-24(14-10-22)33(17-21-7-11-23(12-8-21)32(5)6)29(34)27-25(20(3)4)15-16-26-28(27)31-18-30-26;1-2/h7-16,18-20H,17H2,1-6H3,(H,30,31);1-2H3. The Bertz CT molecular complexity index is 1270. The van der Waals surface area contributed by atoms with Crippen LogP contribution in [0.2, 0.25) is 0 Å². The highest BCUT2D eigenvalue weighted by atomic mass is 16.2. The summed E-state index contributed by atoms with van der Waals surface area (Å²) in [6.45, 7) is 13.1. The fourth-order valence-corrected chi connectivity index (χ4v) is 4.27. The van der Waals surface area contributed by atoms with Crippen LogP contribution in [0, 0.1) is 0 Å². The molecular formula is C31H40N4O. The topological polar surface area (TPSA) is 52.2 Å². The fraction of sp³-hybridized carbons (Fsp3) is 0.355. The minimum Gasteiger partial charge on any atom is -0.378 e. The van der Waals surface area contributed by atoms with E-state index in [1.165, 1.54) is 5.56 Å². The van der Waals surface area contributed by atoms with Gasteiger partial charge in [0.15, 0.2) is 0 Å². The Morgan fingerprint density at radius 1 is 0.833 bits per heavy atom. The van der Waals surface area contributed by atoms with Crippen molar-refractivity contribution < 1.29 is 4.79 Å². The van der Waals surface area contributed by atoms with Crippen LogP contribution in [0.3, 0.4) is 0 Å². The molecule has 0 saturated carbocycles. The monoisotopic (exact) mass is 484 g/mol. The molecule has 1 aromatic heterocycles. The van der Waals surface area contributed by atoms with Crippen molar-refractivity contribution >= 4 is 28.3 Å². The summed E-state index contributed by atoms with van der Waals surface area (Å²) in [6.07, 6.45) is 1.66. The summed E-state index contributed by atoms with van der Waals surface area (Å²) < 4.78 is 0. The third-order valence-electron chi connectivity index (χ3n) is 6.37. The molecule has 0 atom stereocenters. The Balaban J connectivity index is 0.00000176. The first kappa shape index (κ1) is 27.0. The summed E-state index contributed by atoms with van der Waals surface area (Å²) in [5.74, 6) is 0.599. The lowest BCUT2D eigenvalue weighted by molar-refractivity contribution is 0.0985. The molecule has 0 spiro atoms. The van der Waals surface area contributed by atoms with Crippen molar-refractivity contribution in [3.63, 3.8) is 0 Å². The number of H-pyrrole nitrogens is 1. The van der Waals surface area contributed by atoms with Gasteiger partial charge in [0.05, 0.1) is 24.0 Å². The van der Waals surface area contributed by atoms with Crippen molar-refractivity contribution in [2.75, 3.05) is 23.9 Å². The molecule has 0 unspecified atom stereocenters. The Hall–Kier alpha value is -3.60. The second-order valence-electron chi connectivity index (χ2n) is 9.68. The van der Waals surface area contributed by atoms with Crippen LogP contribution < -0.4 is 9.80 Å². The first-order valence-corrected chi connectivity index (χ1v) is 12.9. The first-order valence-electron chi connectivity index (χ1n) is 12.9. The average molecular weight is 485 g/mol. The highest BCUT2D eigenvalue weighted by Gasteiger charge is 2.25. The van der Waals surface area contributed by atoms with Gasteiger partial charge in [-0.05, 0) is 58.9 Å². The van der Waals surface area contributed by atoms with Gasteiger partial charge in [0.1, 0.15) is 5.52 Å². The third kappa shape index (κ3) is 5.78. The minimum absolute atomic E-state index is 0.0321. The maximum Gasteiger partial charge on any atom is 0.261 e. The van der Waals surface area contributed by atoms with Crippen LogP contribution in [-0.4, -0.2) is 30.0 Å². The van der Waals surface area contributed by atoms with E-state index in [1.807, 2.05) is 45.0 Å². The maximum atomic E-state index is 14.2. The molecule has 5 heteroatoms. The summed E-state index contributed by atoms with van der Waals surface area (Å²) in [5.41, 5.74) is 7.62. The quantitative estimate of drug-likeness (QED) is 0.292. The van der Waals surface area contributed by atoms with Crippen molar-refractivity contribution in [2.24, 2.45) is 0 Å². The maximum absolute atomic E-state index is 14.2. The number of rotatable bonds is 7. The van der Waals surface area contributed by atoms with Gasteiger partial charge < -0.3 is 14.8 Å². The number of hydrogen-bond acceptors (Lipinski definition) is 3. The van der Waals surface area contributed by atoms with Crippen LogP contribution >= 0.6 is 0 Å². The molecule has 0 fully saturated rings. The molecule has 0 radical (unpaired) electrons. The minimum atomic E-state index is -0.0321. The van der Waals surface area contributed by atoms with Crippen LogP contribution in [0.25, 0.3) is 11.0 Å². The Labute approximate surface area is 216 Å². The number of carbonyl (C=O) groups excluding carboxylic acids is 1. The van der Waals surface area contributed by atoms with Crippen molar-refractivity contribution in [2.45, 2.75) is 59.9 Å². The SMILES string of the molecule is CC.CC(C)c1ccc(N(Cc2ccc(N(C)C)cc2)C(=O)c2c(C(C)C)ccc3[nH]cnc23)cc1. The van der Waals surface area contributed by atoms with Gasteiger partial charge in [-0.15, -0.1) is 0 Å². The number of nitrogens with one attached hydrogen (secondary N) is 1. The number of imidazole rings is 1. The summed E-state index contributed by atoms with van der Waals surface area (Å²) in [4.78, 5) is 25.9. The van der Waals surface area contributed by atoms with E-state index in [0.29, 0.717) is 18.0 Å². The molecule has 0 bridgehead atoms. The van der Waals surface area contributed by atoms with E-state index in [0.717, 1.165) is 33.5 Å². The smallest absolute Gasteiger partial charge is 0.261 e. The van der Waals surface area contributed by atoms with E-state index in [-0.39, 0.29) is 11.8 Å². The number of carbonyl (C=O) groups is 1. The number of amides is 1. The lowest BCUT2D eigenvalue weighted by Crippen LogP contribution is -2.31. The van der Waals surface area contributed by atoms with E-state index < -0.39 is 0 Å². The highest BCUT2D eigenvalue weighted by Crippen LogP contribution is 2.30. The molecule has 5 nitrogen and oxygen atoms in total. The van der Waals surface area contributed by atoms with Crippen LogP contribution in [0.4, 0.5) is 11.4 Å². The number of anilines is 2. The molecule has 0 aliphatic heterocycles. The summed E-state index contributed by atoms with van der Waals surface area (Å²) in [7, 11) is 4.05. The Morgan fingerprint density at radius 2 is 1.44 bits per heavy atom. The van der Waals surface area contributed by atoms with Gasteiger partial charge in [0.25, 0.3) is 5.91 Å². The van der Waals surface area contributed by atoms with E-state index in [2.05, 4.69) is 91.1 Å². The number of aromatic nitrogens is 2.